The summed E-state index contributed by atoms with van der Waals surface area (Å²) < 4.78 is 15.7. The van der Waals surface area contributed by atoms with E-state index in [2.05, 4.69) is 5.43 Å². The van der Waals surface area contributed by atoms with Crippen molar-refractivity contribution in [2.24, 2.45) is 0 Å². The molecule has 2 aromatic carbocycles. The molecule has 0 bridgehead atoms. The second-order valence-corrected chi connectivity index (χ2v) is 7.76. The number of hydrogen-bond acceptors (Lipinski definition) is 7. The Morgan fingerprint density at radius 1 is 0.882 bits per heavy atom. The molecule has 0 radical (unpaired) electrons. The van der Waals surface area contributed by atoms with Gasteiger partial charge in [-0.2, -0.15) is 5.01 Å². The fourth-order valence-corrected chi connectivity index (χ4v) is 3.73. The number of nitrogens with zero attached hydrogens (tertiary/aromatic N) is 1. The average molecular weight is 469 g/mol. The first-order valence-electron chi connectivity index (χ1n) is 11.2. The molecule has 1 unspecified atom stereocenters. The fraction of sp³-hybridized carbons (Fsp3) is 0.360. The van der Waals surface area contributed by atoms with Crippen molar-refractivity contribution in [3.05, 3.63) is 71.8 Å². The number of ketones is 1. The molecule has 3 rings (SSSR count). The van der Waals surface area contributed by atoms with Gasteiger partial charge in [0.2, 0.25) is 5.54 Å². The number of ether oxygens (including phenoxy) is 3. The third-order valence-corrected chi connectivity index (χ3v) is 5.45. The quantitative estimate of drug-likeness (QED) is 0.284. The van der Waals surface area contributed by atoms with E-state index in [4.69, 9.17) is 14.2 Å². The Labute approximate surface area is 197 Å². The molecular weight excluding hydrogens is 440 g/mol. The molecule has 1 aliphatic rings. The van der Waals surface area contributed by atoms with Crippen molar-refractivity contribution in [1.29, 1.82) is 0 Å². The van der Waals surface area contributed by atoms with Crippen molar-refractivity contribution in [2.45, 2.75) is 51.4 Å². The molecule has 1 saturated carbocycles. The van der Waals surface area contributed by atoms with Gasteiger partial charge >= 0.3 is 18.2 Å². The van der Waals surface area contributed by atoms with Gasteiger partial charge in [-0.1, -0.05) is 60.7 Å². The largest absolute Gasteiger partial charge is 0.464 e. The lowest BCUT2D eigenvalue weighted by Crippen LogP contribution is -2.68. The Bertz CT molecular complexity index is 997. The molecule has 34 heavy (non-hydrogen) atoms. The molecule has 2 amide bonds. The molecular formula is C25H28N2O7. The molecule has 0 aromatic heterocycles. The van der Waals surface area contributed by atoms with E-state index in [9.17, 15) is 19.2 Å². The van der Waals surface area contributed by atoms with Gasteiger partial charge in [0.25, 0.3) is 0 Å². The summed E-state index contributed by atoms with van der Waals surface area (Å²) in [6.45, 7) is 1.40. The van der Waals surface area contributed by atoms with E-state index in [-0.39, 0.29) is 32.7 Å². The van der Waals surface area contributed by atoms with Crippen molar-refractivity contribution in [3.8, 4) is 0 Å². The maximum atomic E-state index is 13.2. The normalized spacial score (nSPS) is 17.4. The number of Topliss-reactive ketones (excluding diaryl/α,β-unsaturated/α-hetero) is 1. The number of benzene rings is 2. The number of carbonyl (C=O) groups excluding carboxylic acids is 4. The summed E-state index contributed by atoms with van der Waals surface area (Å²) in [6.07, 6.45) is -0.989. The smallest absolute Gasteiger partial charge is 0.430 e. The average Bonchev–Trinajstić information content (AvgIpc) is 2.86. The maximum Gasteiger partial charge on any atom is 0.430 e. The van der Waals surface area contributed by atoms with Crippen LogP contribution in [0.4, 0.5) is 9.59 Å². The van der Waals surface area contributed by atoms with Gasteiger partial charge in [0.15, 0.2) is 5.78 Å². The van der Waals surface area contributed by atoms with Crippen molar-refractivity contribution in [1.82, 2.24) is 10.4 Å². The Morgan fingerprint density at radius 3 is 2.03 bits per heavy atom. The van der Waals surface area contributed by atoms with Crippen LogP contribution in [0.15, 0.2) is 60.7 Å². The van der Waals surface area contributed by atoms with E-state index in [1.54, 1.807) is 55.5 Å². The lowest BCUT2D eigenvalue weighted by Gasteiger charge is -2.40. The molecule has 1 N–H and O–H groups in total. The minimum Gasteiger partial charge on any atom is -0.464 e. The van der Waals surface area contributed by atoms with Crippen LogP contribution < -0.4 is 5.43 Å². The van der Waals surface area contributed by atoms with Crippen LogP contribution >= 0.6 is 0 Å². The van der Waals surface area contributed by atoms with Gasteiger partial charge in [-0.25, -0.2) is 19.8 Å². The number of esters is 1. The number of hydrogen-bond donors (Lipinski definition) is 1. The van der Waals surface area contributed by atoms with E-state index in [0.717, 1.165) is 5.56 Å². The van der Waals surface area contributed by atoms with Crippen LogP contribution in [0.5, 0.6) is 0 Å². The maximum absolute atomic E-state index is 13.2. The third kappa shape index (κ3) is 5.92. The van der Waals surface area contributed by atoms with Gasteiger partial charge in [0.1, 0.15) is 13.2 Å². The highest BCUT2D eigenvalue weighted by Crippen LogP contribution is 2.32. The van der Waals surface area contributed by atoms with Gasteiger partial charge in [-0.3, -0.25) is 4.79 Å². The first-order valence-corrected chi connectivity index (χ1v) is 11.2. The van der Waals surface area contributed by atoms with Crippen LogP contribution in [0.25, 0.3) is 0 Å². The van der Waals surface area contributed by atoms with Gasteiger partial charge in [0.05, 0.1) is 6.61 Å². The predicted octanol–water partition coefficient (Wildman–Crippen LogP) is 3.91. The molecule has 0 spiro atoms. The van der Waals surface area contributed by atoms with Crippen molar-refractivity contribution < 1.29 is 33.4 Å². The van der Waals surface area contributed by atoms with E-state index in [1.165, 1.54) is 0 Å². The predicted molar refractivity (Wildman–Crippen MR) is 121 cm³/mol. The molecule has 0 heterocycles. The Hall–Kier alpha value is -3.88. The Balaban J connectivity index is 1.84. The number of nitrogens with one attached hydrogen (secondary N) is 1. The zero-order valence-electron chi connectivity index (χ0n) is 19.0. The summed E-state index contributed by atoms with van der Waals surface area (Å²) in [7, 11) is 0. The number of amides is 2. The van der Waals surface area contributed by atoms with Gasteiger partial charge < -0.3 is 14.2 Å². The second kappa shape index (κ2) is 11.8. The van der Waals surface area contributed by atoms with Gasteiger partial charge in [-0.15, -0.1) is 0 Å². The third-order valence-electron chi connectivity index (χ3n) is 5.45. The number of hydrazine groups is 1. The van der Waals surface area contributed by atoms with Crippen molar-refractivity contribution in [2.75, 3.05) is 6.61 Å². The summed E-state index contributed by atoms with van der Waals surface area (Å²) in [6, 6.07) is 17.8. The molecule has 1 aliphatic carbocycles. The zero-order chi connectivity index (χ0) is 24.4. The molecule has 2 aromatic rings. The van der Waals surface area contributed by atoms with Crippen molar-refractivity contribution in [3.63, 3.8) is 0 Å². The molecule has 0 saturated heterocycles. The van der Waals surface area contributed by atoms with Crippen LogP contribution in [-0.4, -0.2) is 41.1 Å². The number of carbonyl (C=O) groups is 4. The molecule has 1 atom stereocenters. The van der Waals surface area contributed by atoms with Crippen LogP contribution in [0.2, 0.25) is 0 Å². The lowest BCUT2D eigenvalue weighted by molar-refractivity contribution is -0.166. The van der Waals surface area contributed by atoms with E-state index >= 15 is 0 Å². The van der Waals surface area contributed by atoms with Crippen LogP contribution in [0.1, 0.15) is 43.7 Å². The molecule has 9 nitrogen and oxygen atoms in total. The van der Waals surface area contributed by atoms with E-state index in [1.807, 2.05) is 12.1 Å². The molecule has 1 fully saturated rings. The van der Waals surface area contributed by atoms with E-state index < -0.39 is 29.5 Å². The van der Waals surface area contributed by atoms with Crippen LogP contribution in [0.3, 0.4) is 0 Å². The van der Waals surface area contributed by atoms with Crippen molar-refractivity contribution >= 4 is 23.9 Å². The highest BCUT2D eigenvalue weighted by atomic mass is 16.6. The van der Waals surface area contributed by atoms with E-state index in [0.29, 0.717) is 23.4 Å². The lowest BCUT2D eigenvalue weighted by atomic mass is 9.80. The van der Waals surface area contributed by atoms with Gasteiger partial charge in [0, 0.05) is 6.42 Å². The standard InChI is InChI=1S/C25H28N2O7/c1-2-32-22(29)25(16-10-9-15-21(25)28)27(24(31)34-18-20-13-7-4-8-14-20)26-23(30)33-17-19-11-5-3-6-12-19/h3-8,11-14H,2,9-10,15-18H2,1H3,(H,26,30). The summed E-state index contributed by atoms with van der Waals surface area (Å²) in [4.78, 5) is 51.9. The molecule has 9 heteroatoms. The Morgan fingerprint density at radius 2 is 1.47 bits per heavy atom. The highest BCUT2D eigenvalue weighted by Gasteiger charge is 2.56. The SMILES string of the molecule is CCOC(=O)C1(N(NC(=O)OCc2ccccc2)C(=O)OCc2ccccc2)CCCCC1=O. The van der Waals surface area contributed by atoms with Crippen LogP contribution in [-0.2, 0) is 37.0 Å². The summed E-state index contributed by atoms with van der Waals surface area (Å²) in [5.41, 5.74) is 1.67. The van der Waals surface area contributed by atoms with Gasteiger partial charge in [-0.05, 0) is 37.3 Å². The minimum absolute atomic E-state index is 0.000774. The topological polar surface area (TPSA) is 111 Å². The Kier molecular flexibility index (Phi) is 8.61. The summed E-state index contributed by atoms with van der Waals surface area (Å²) in [5, 5.41) is 0.642. The summed E-state index contributed by atoms with van der Waals surface area (Å²) in [5.74, 6) is -1.45. The molecule has 0 aliphatic heterocycles. The molecule has 180 valence electrons. The summed E-state index contributed by atoms with van der Waals surface area (Å²) >= 11 is 0. The fourth-order valence-electron chi connectivity index (χ4n) is 3.73. The highest BCUT2D eigenvalue weighted by molar-refractivity contribution is 6.11. The number of rotatable bonds is 7. The monoisotopic (exact) mass is 468 g/mol. The first kappa shape index (κ1) is 24.8. The first-order chi connectivity index (χ1) is 16.5. The minimum atomic E-state index is -2.03. The van der Waals surface area contributed by atoms with Crippen LogP contribution in [0, 0.1) is 0 Å². The zero-order valence-corrected chi connectivity index (χ0v) is 19.0. The second-order valence-electron chi connectivity index (χ2n) is 7.76.